The van der Waals surface area contributed by atoms with Crippen molar-refractivity contribution in [2.45, 2.75) is 20.1 Å². The van der Waals surface area contributed by atoms with Gasteiger partial charge in [-0.25, -0.2) is 0 Å². The molecule has 2 aromatic heterocycles. The zero-order valence-electron chi connectivity index (χ0n) is 16.6. The van der Waals surface area contributed by atoms with Crippen LogP contribution in [0, 0.1) is 0 Å². The summed E-state index contributed by atoms with van der Waals surface area (Å²) in [5.41, 5.74) is 0.599. The van der Waals surface area contributed by atoms with E-state index in [9.17, 15) is 9.59 Å². The molecule has 1 N–H and O–H groups in total. The number of aryl methyl sites for hydroxylation is 1. The van der Waals surface area contributed by atoms with E-state index in [1.165, 1.54) is 21.8 Å². The SMILES string of the molecule is CCn1ncc(NC(=O)c2ccc(COc3cccc(Cl)c3Cl)o2)c1C(=O)N(C)C. The lowest BCUT2D eigenvalue weighted by Gasteiger charge is -2.13. The van der Waals surface area contributed by atoms with Gasteiger partial charge >= 0.3 is 0 Å². The highest BCUT2D eigenvalue weighted by atomic mass is 35.5. The summed E-state index contributed by atoms with van der Waals surface area (Å²) in [6, 6.07) is 8.19. The van der Waals surface area contributed by atoms with E-state index in [0.29, 0.717) is 39.5 Å². The highest BCUT2D eigenvalue weighted by molar-refractivity contribution is 6.42. The van der Waals surface area contributed by atoms with E-state index in [-0.39, 0.29) is 18.3 Å². The van der Waals surface area contributed by atoms with Gasteiger partial charge in [0.15, 0.2) is 5.76 Å². The predicted molar refractivity (Wildman–Crippen MR) is 113 cm³/mol. The second-order valence-corrected chi connectivity index (χ2v) is 7.27. The molecular formula is C20H20Cl2N4O4. The van der Waals surface area contributed by atoms with Crippen LogP contribution in [-0.4, -0.2) is 40.6 Å². The van der Waals surface area contributed by atoms with Crippen LogP contribution in [0.5, 0.6) is 5.75 Å². The number of benzene rings is 1. The summed E-state index contributed by atoms with van der Waals surface area (Å²) in [7, 11) is 3.26. The minimum absolute atomic E-state index is 0.0610. The molecule has 0 radical (unpaired) electrons. The van der Waals surface area contributed by atoms with Gasteiger partial charge in [0, 0.05) is 20.6 Å². The molecule has 30 heavy (non-hydrogen) atoms. The van der Waals surface area contributed by atoms with Gasteiger partial charge in [-0.05, 0) is 31.2 Å². The standard InChI is InChI=1S/C20H20Cl2N4O4/c1-4-26-18(20(28)25(2)3)14(10-23-26)24-19(27)16-9-8-12(30-16)11-29-15-7-5-6-13(21)17(15)22/h5-10H,4,11H2,1-3H3,(H,24,27). The topological polar surface area (TPSA) is 89.6 Å². The van der Waals surface area contributed by atoms with Crippen LogP contribution in [0.25, 0.3) is 0 Å². The summed E-state index contributed by atoms with van der Waals surface area (Å²) in [6.07, 6.45) is 1.44. The Morgan fingerprint density at radius 1 is 1.23 bits per heavy atom. The summed E-state index contributed by atoms with van der Waals surface area (Å²) in [5, 5.41) is 7.51. The Morgan fingerprint density at radius 2 is 2.00 bits per heavy atom. The van der Waals surface area contributed by atoms with Gasteiger partial charge in [-0.1, -0.05) is 29.3 Å². The average Bonchev–Trinajstić information content (AvgIpc) is 3.35. The van der Waals surface area contributed by atoms with E-state index < -0.39 is 5.91 Å². The molecule has 3 rings (SSSR count). The van der Waals surface area contributed by atoms with Crippen LogP contribution in [0.3, 0.4) is 0 Å². The highest BCUT2D eigenvalue weighted by Gasteiger charge is 2.22. The number of rotatable bonds is 7. The van der Waals surface area contributed by atoms with E-state index in [4.69, 9.17) is 32.4 Å². The first-order chi connectivity index (χ1) is 14.3. The number of carbonyl (C=O) groups excluding carboxylic acids is 2. The zero-order valence-corrected chi connectivity index (χ0v) is 18.1. The first-order valence-corrected chi connectivity index (χ1v) is 9.81. The maximum atomic E-state index is 12.6. The molecule has 0 unspecified atom stereocenters. The van der Waals surface area contributed by atoms with Gasteiger partial charge < -0.3 is 19.4 Å². The highest BCUT2D eigenvalue weighted by Crippen LogP contribution is 2.32. The molecule has 0 bridgehead atoms. The van der Waals surface area contributed by atoms with Crippen molar-refractivity contribution < 1.29 is 18.7 Å². The van der Waals surface area contributed by atoms with Crippen molar-refractivity contribution in [1.29, 1.82) is 0 Å². The van der Waals surface area contributed by atoms with E-state index >= 15 is 0 Å². The quantitative estimate of drug-likeness (QED) is 0.578. The number of carbonyl (C=O) groups is 2. The number of amides is 2. The lowest BCUT2D eigenvalue weighted by atomic mass is 10.3. The minimum atomic E-state index is -0.509. The molecule has 2 amide bonds. The summed E-state index contributed by atoms with van der Waals surface area (Å²) in [4.78, 5) is 26.5. The molecule has 0 fully saturated rings. The number of furan rings is 1. The Hall–Kier alpha value is -2.97. The molecule has 3 aromatic rings. The van der Waals surface area contributed by atoms with E-state index in [1.54, 1.807) is 38.4 Å². The van der Waals surface area contributed by atoms with Gasteiger partial charge in [0.05, 0.1) is 16.9 Å². The number of nitrogens with zero attached hydrogens (tertiary/aromatic N) is 3. The molecule has 8 nitrogen and oxygen atoms in total. The lowest BCUT2D eigenvalue weighted by molar-refractivity contribution is 0.0816. The summed E-state index contributed by atoms with van der Waals surface area (Å²) < 4.78 is 12.7. The van der Waals surface area contributed by atoms with Gasteiger partial charge in [0.2, 0.25) is 0 Å². The number of hydrogen-bond donors (Lipinski definition) is 1. The van der Waals surface area contributed by atoms with Crippen LogP contribution in [0.2, 0.25) is 10.0 Å². The molecule has 0 atom stereocenters. The fraction of sp³-hybridized carbons (Fsp3) is 0.250. The third-order valence-electron chi connectivity index (χ3n) is 4.17. The summed E-state index contributed by atoms with van der Waals surface area (Å²) >= 11 is 12.1. The monoisotopic (exact) mass is 450 g/mol. The van der Waals surface area contributed by atoms with Crippen molar-refractivity contribution in [2.75, 3.05) is 19.4 Å². The maximum Gasteiger partial charge on any atom is 0.291 e. The maximum absolute atomic E-state index is 12.6. The second-order valence-electron chi connectivity index (χ2n) is 6.48. The molecular weight excluding hydrogens is 431 g/mol. The van der Waals surface area contributed by atoms with Crippen molar-refractivity contribution in [3.63, 3.8) is 0 Å². The zero-order chi connectivity index (χ0) is 21.8. The van der Waals surface area contributed by atoms with Crippen molar-refractivity contribution in [1.82, 2.24) is 14.7 Å². The number of halogens is 2. The van der Waals surface area contributed by atoms with Gasteiger partial charge in [0.25, 0.3) is 11.8 Å². The van der Waals surface area contributed by atoms with Gasteiger partial charge in [-0.3, -0.25) is 14.3 Å². The molecule has 0 saturated heterocycles. The number of ether oxygens (including phenoxy) is 1. The Labute approximate surface area is 183 Å². The number of hydrogen-bond acceptors (Lipinski definition) is 5. The van der Waals surface area contributed by atoms with Gasteiger partial charge in [-0.15, -0.1) is 0 Å². The first-order valence-electron chi connectivity index (χ1n) is 9.06. The first kappa shape index (κ1) is 21.7. The second kappa shape index (κ2) is 9.23. The van der Waals surface area contributed by atoms with Crippen LogP contribution in [0.4, 0.5) is 5.69 Å². The third-order valence-corrected chi connectivity index (χ3v) is 4.97. The van der Waals surface area contributed by atoms with E-state index in [0.717, 1.165) is 0 Å². The van der Waals surface area contributed by atoms with Crippen molar-refractivity contribution in [2.24, 2.45) is 0 Å². The normalized spacial score (nSPS) is 10.7. The van der Waals surface area contributed by atoms with Gasteiger partial charge in [-0.2, -0.15) is 5.10 Å². The largest absolute Gasteiger partial charge is 0.484 e. The molecule has 0 saturated carbocycles. The van der Waals surface area contributed by atoms with Crippen LogP contribution in [0.1, 0.15) is 33.7 Å². The van der Waals surface area contributed by atoms with Crippen LogP contribution >= 0.6 is 23.2 Å². The smallest absolute Gasteiger partial charge is 0.291 e. The molecule has 158 valence electrons. The van der Waals surface area contributed by atoms with Crippen LogP contribution < -0.4 is 10.1 Å². The lowest BCUT2D eigenvalue weighted by Crippen LogP contribution is -2.26. The van der Waals surface area contributed by atoms with Gasteiger partial charge in [0.1, 0.15) is 28.8 Å². The molecule has 0 spiro atoms. The van der Waals surface area contributed by atoms with Crippen molar-refractivity contribution in [3.8, 4) is 5.75 Å². The van der Waals surface area contributed by atoms with Crippen molar-refractivity contribution in [3.05, 3.63) is 63.8 Å². The number of anilines is 1. The Bertz CT molecular complexity index is 1070. The summed E-state index contributed by atoms with van der Waals surface area (Å²) in [6.45, 7) is 2.40. The Morgan fingerprint density at radius 3 is 2.70 bits per heavy atom. The number of nitrogens with one attached hydrogen (secondary N) is 1. The molecule has 1 aromatic carbocycles. The molecule has 0 aliphatic carbocycles. The fourth-order valence-electron chi connectivity index (χ4n) is 2.66. The Balaban J connectivity index is 1.71. The minimum Gasteiger partial charge on any atom is -0.484 e. The predicted octanol–water partition coefficient (Wildman–Crippen LogP) is 4.34. The number of aromatic nitrogens is 2. The molecule has 0 aliphatic rings. The molecule has 0 aliphatic heterocycles. The van der Waals surface area contributed by atoms with Crippen LogP contribution in [-0.2, 0) is 13.2 Å². The Kier molecular flexibility index (Phi) is 6.69. The van der Waals surface area contributed by atoms with E-state index in [2.05, 4.69) is 10.4 Å². The van der Waals surface area contributed by atoms with E-state index in [1.807, 2.05) is 6.92 Å². The van der Waals surface area contributed by atoms with Crippen molar-refractivity contribution >= 4 is 40.7 Å². The molecule has 2 heterocycles. The van der Waals surface area contributed by atoms with Crippen LogP contribution in [0.15, 0.2) is 40.9 Å². The molecule has 10 heteroatoms. The third kappa shape index (κ3) is 4.60. The average molecular weight is 451 g/mol. The summed E-state index contributed by atoms with van der Waals surface area (Å²) in [5.74, 6) is 0.121. The fourth-order valence-corrected chi connectivity index (χ4v) is 3.01.